The largest absolute Gasteiger partial charge is 0.0885 e. The molecule has 0 spiro atoms. The van der Waals surface area contributed by atoms with Crippen LogP contribution in [0.15, 0.2) is 24.3 Å². The second-order valence-corrected chi connectivity index (χ2v) is 4.72. The molecule has 0 unspecified atom stereocenters. The summed E-state index contributed by atoms with van der Waals surface area (Å²) in [6, 6.07) is 0. The van der Waals surface area contributed by atoms with Crippen molar-refractivity contribution in [3.8, 4) is 0 Å². The molecule has 0 saturated heterocycles. The van der Waals surface area contributed by atoms with Crippen molar-refractivity contribution >= 4 is 0 Å². The van der Waals surface area contributed by atoms with Gasteiger partial charge in [-0.25, -0.2) is 0 Å². The number of hydrogen-bond donors (Lipinski definition) is 0. The van der Waals surface area contributed by atoms with E-state index in [9.17, 15) is 0 Å². The molecule has 99 valence electrons. The van der Waals surface area contributed by atoms with Crippen molar-refractivity contribution in [3.63, 3.8) is 0 Å². The van der Waals surface area contributed by atoms with Crippen molar-refractivity contribution in [2.24, 2.45) is 0 Å². The van der Waals surface area contributed by atoms with Crippen molar-refractivity contribution in [1.29, 1.82) is 0 Å². The summed E-state index contributed by atoms with van der Waals surface area (Å²) in [4.78, 5) is 0. The zero-order valence-corrected chi connectivity index (χ0v) is 11.8. The van der Waals surface area contributed by atoms with Crippen LogP contribution in [0.1, 0.15) is 77.6 Å². The van der Waals surface area contributed by atoms with Crippen molar-refractivity contribution in [1.82, 2.24) is 0 Å². The van der Waals surface area contributed by atoms with E-state index < -0.39 is 0 Å². The summed E-state index contributed by atoms with van der Waals surface area (Å²) in [5.41, 5.74) is 0. The molecule has 0 nitrogen and oxygen atoms in total. The third-order valence-electron chi connectivity index (χ3n) is 2.92. The molecular formula is C17H31. The SMILES string of the molecule is [CH2]CCC/C=C/CCCCC/C=C/CCCC. The Morgan fingerprint density at radius 3 is 1.59 bits per heavy atom. The van der Waals surface area contributed by atoms with E-state index in [-0.39, 0.29) is 0 Å². The highest BCUT2D eigenvalue weighted by atomic mass is 13.9. The van der Waals surface area contributed by atoms with Gasteiger partial charge < -0.3 is 0 Å². The van der Waals surface area contributed by atoms with Gasteiger partial charge in [-0.1, -0.05) is 63.8 Å². The van der Waals surface area contributed by atoms with Crippen LogP contribution in [-0.4, -0.2) is 0 Å². The van der Waals surface area contributed by atoms with Crippen LogP contribution in [0.25, 0.3) is 0 Å². The van der Waals surface area contributed by atoms with Crippen LogP contribution < -0.4 is 0 Å². The Morgan fingerprint density at radius 2 is 1.12 bits per heavy atom. The minimum atomic E-state index is 1.06. The van der Waals surface area contributed by atoms with Crippen molar-refractivity contribution in [3.05, 3.63) is 31.2 Å². The second-order valence-electron chi connectivity index (χ2n) is 4.72. The predicted molar refractivity (Wildman–Crippen MR) is 80.1 cm³/mol. The fourth-order valence-corrected chi connectivity index (χ4v) is 1.76. The molecule has 0 bridgehead atoms. The van der Waals surface area contributed by atoms with Gasteiger partial charge in [-0.05, 0) is 44.9 Å². The van der Waals surface area contributed by atoms with Crippen LogP contribution in [0, 0.1) is 6.92 Å². The van der Waals surface area contributed by atoms with E-state index >= 15 is 0 Å². The zero-order chi connectivity index (χ0) is 12.6. The number of unbranched alkanes of at least 4 members (excludes halogenated alkanes) is 8. The lowest BCUT2D eigenvalue weighted by Gasteiger charge is -1.95. The van der Waals surface area contributed by atoms with Crippen LogP contribution in [0.2, 0.25) is 0 Å². The molecule has 0 saturated carbocycles. The molecule has 0 rings (SSSR count). The lowest BCUT2D eigenvalue weighted by atomic mass is 10.1. The molecular weight excluding hydrogens is 204 g/mol. The summed E-state index contributed by atoms with van der Waals surface area (Å²) in [6.45, 7) is 6.09. The van der Waals surface area contributed by atoms with Gasteiger partial charge in [-0.3, -0.25) is 0 Å². The summed E-state index contributed by atoms with van der Waals surface area (Å²) >= 11 is 0. The minimum Gasteiger partial charge on any atom is -0.0885 e. The van der Waals surface area contributed by atoms with Gasteiger partial charge in [-0.2, -0.15) is 0 Å². The Bertz CT molecular complexity index is 156. The molecule has 0 aromatic heterocycles. The highest BCUT2D eigenvalue weighted by molar-refractivity contribution is 4.83. The maximum Gasteiger partial charge on any atom is -0.0351 e. The smallest absolute Gasteiger partial charge is 0.0351 e. The molecule has 0 fully saturated rings. The van der Waals surface area contributed by atoms with Crippen LogP contribution in [0.5, 0.6) is 0 Å². The summed E-state index contributed by atoms with van der Waals surface area (Å²) in [5.74, 6) is 0. The van der Waals surface area contributed by atoms with E-state index in [2.05, 4.69) is 38.2 Å². The molecule has 1 radical (unpaired) electrons. The van der Waals surface area contributed by atoms with Gasteiger partial charge in [0.25, 0.3) is 0 Å². The van der Waals surface area contributed by atoms with E-state index in [1.807, 2.05) is 0 Å². The monoisotopic (exact) mass is 235 g/mol. The maximum atomic E-state index is 3.84. The molecule has 0 aliphatic heterocycles. The van der Waals surface area contributed by atoms with Gasteiger partial charge in [0.15, 0.2) is 0 Å². The third-order valence-corrected chi connectivity index (χ3v) is 2.92. The molecule has 17 heavy (non-hydrogen) atoms. The van der Waals surface area contributed by atoms with E-state index in [4.69, 9.17) is 0 Å². The molecule has 0 aliphatic rings. The Kier molecular flexibility index (Phi) is 15.0. The first-order valence-corrected chi connectivity index (χ1v) is 7.51. The van der Waals surface area contributed by atoms with Crippen LogP contribution in [-0.2, 0) is 0 Å². The van der Waals surface area contributed by atoms with E-state index in [0.29, 0.717) is 0 Å². The lowest BCUT2D eigenvalue weighted by molar-refractivity contribution is 0.693. The topological polar surface area (TPSA) is 0 Å². The van der Waals surface area contributed by atoms with Gasteiger partial charge in [0.1, 0.15) is 0 Å². The summed E-state index contributed by atoms with van der Waals surface area (Å²) in [6.07, 6.45) is 23.4. The first kappa shape index (κ1) is 16.5. The van der Waals surface area contributed by atoms with Gasteiger partial charge in [-0.15, -0.1) is 0 Å². The minimum absolute atomic E-state index is 1.06. The second kappa shape index (κ2) is 15.5. The van der Waals surface area contributed by atoms with Crippen molar-refractivity contribution in [2.75, 3.05) is 0 Å². The lowest BCUT2D eigenvalue weighted by Crippen LogP contribution is -1.76. The fourth-order valence-electron chi connectivity index (χ4n) is 1.76. The van der Waals surface area contributed by atoms with Gasteiger partial charge in [0.2, 0.25) is 0 Å². The number of hydrogen-bond acceptors (Lipinski definition) is 0. The summed E-state index contributed by atoms with van der Waals surface area (Å²) in [7, 11) is 0. The average molecular weight is 235 g/mol. The molecule has 0 aliphatic carbocycles. The molecule has 0 amide bonds. The van der Waals surface area contributed by atoms with Crippen LogP contribution in [0.4, 0.5) is 0 Å². The normalized spacial score (nSPS) is 11.9. The summed E-state index contributed by atoms with van der Waals surface area (Å²) < 4.78 is 0. The quantitative estimate of drug-likeness (QED) is 0.277. The number of rotatable bonds is 12. The van der Waals surface area contributed by atoms with Crippen LogP contribution >= 0.6 is 0 Å². The molecule has 0 aromatic carbocycles. The fraction of sp³-hybridized carbons (Fsp3) is 0.706. The van der Waals surface area contributed by atoms with Crippen LogP contribution in [0.3, 0.4) is 0 Å². The summed E-state index contributed by atoms with van der Waals surface area (Å²) in [5, 5.41) is 0. The third kappa shape index (κ3) is 15.5. The Balaban J connectivity index is 3.07. The maximum absolute atomic E-state index is 3.84. The highest BCUT2D eigenvalue weighted by Crippen LogP contribution is 2.06. The molecule has 0 atom stereocenters. The van der Waals surface area contributed by atoms with Crippen molar-refractivity contribution in [2.45, 2.75) is 77.6 Å². The molecule has 0 heteroatoms. The Labute approximate surface area is 109 Å². The number of allylic oxidation sites excluding steroid dienone is 4. The van der Waals surface area contributed by atoms with Gasteiger partial charge >= 0.3 is 0 Å². The molecule has 0 aromatic rings. The molecule has 0 N–H and O–H groups in total. The highest BCUT2D eigenvalue weighted by Gasteiger charge is 1.86. The van der Waals surface area contributed by atoms with Gasteiger partial charge in [0, 0.05) is 0 Å². The van der Waals surface area contributed by atoms with Crippen molar-refractivity contribution < 1.29 is 0 Å². The zero-order valence-electron chi connectivity index (χ0n) is 11.8. The van der Waals surface area contributed by atoms with E-state index in [0.717, 1.165) is 6.42 Å². The Hall–Kier alpha value is -0.520. The standard InChI is InChI=1S/C17H31/c1-3-5-7-9-11-13-15-17-16-14-12-10-8-6-4-2/h9-12H,1,3-8,13-17H2,2H3/b11-9+,12-10+. The van der Waals surface area contributed by atoms with E-state index in [1.165, 1.54) is 64.2 Å². The first-order chi connectivity index (χ1) is 8.41. The molecule has 0 heterocycles. The predicted octanol–water partition coefficient (Wildman–Crippen LogP) is 6.24. The average Bonchev–Trinajstić information content (AvgIpc) is 2.35. The Morgan fingerprint density at radius 1 is 0.647 bits per heavy atom. The van der Waals surface area contributed by atoms with Gasteiger partial charge in [0.05, 0.1) is 0 Å². The van der Waals surface area contributed by atoms with E-state index in [1.54, 1.807) is 0 Å². The first-order valence-electron chi connectivity index (χ1n) is 7.51.